The first-order valence-corrected chi connectivity index (χ1v) is 10.6. The number of benzene rings is 1. The number of aromatic nitrogens is 2. The van der Waals surface area contributed by atoms with Crippen LogP contribution in [0.25, 0.3) is 11.1 Å². The van der Waals surface area contributed by atoms with E-state index < -0.39 is 17.7 Å². The molecule has 0 radical (unpaired) electrons. The topological polar surface area (TPSA) is 83.4 Å². The van der Waals surface area contributed by atoms with Gasteiger partial charge in [0, 0.05) is 42.4 Å². The number of hydrogen-bond acceptors (Lipinski definition) is 4. The number of likely N-dealkylation sites (N-methyl/N-ethyl adjacent to an activating group) is 1. The molecular formula is C25H24F3N3O3. The molecular weight excluding hydrogens is 447 g/mol. The third kappa shape index (κ3) is 6.40. The summed E-state index contributed by atoms with van der Waals surface area (Å²) in [4.78, 5) is 33.9. The summed E-state index contributed by atoms with van der Waals surface area (Å²) in [5, 5.41) is 9.06. The van der Waals surface area contributed by atoms with Crippen LogP contribution >= 0.6 is 0 Å². The third-order valence-electron chi connectivity index (χ3n) is 5.27. The number of hydrogen-bond donors (Lipinski definition) is 1. The largest absolute Gasteiger partial charge is 0.481 e. The van der Waals surface area contributed by atoms with E-state index in [-0.39, 0.29) is 37.4 Å². The highest BCUT2D eigenvalue weighted by molar-refractivity contribution is 5.79. The maximum absolute atomic E-state index is 13.4. The van der Waals surface area contributed by atoms with Crippen LogP contribution in [-0.2, 0) is 35.2 Å². The Kier molecular flexibility index (Phi) is 7.65. The maximum atomic E-state index is 13.4. The summed E-state index contributed by atoms with van der Waals surface area (Å²) in [6.45, 7) is 3.80. The summed E-state index contributed by atoms with van der Waals surface area (Å²) in [5.74, 6) is -1.30. The number of aliphatic carboxylic acids is 1. The van der Waals surface area contributed by atoms with Crippen molar-refractivity contribution in [3.63, 3.8) is 0 Å². The van der Waals surface area contributed by atoms with Crippen molar-refractivity contribution in [3.05, 3.63) is 82.9 Å². The summed E-state index contributed by atoms with van der Waals surface area (Å²) in [7, 11) is 0. The zero-order valence-electron chi connectivity index (χ0n) is 18.8. The fourth-order valence-electron chi connectivity index (χ4n) is 3.64. The monoisotopic (exact) mass is 471 g/mol. The molecule has 6 nitrogen and oxygen atoms in total. The Morgan fingerprint density at radius 2 is 1.82 bits per heavy atom. The zero-order chi connectivity index (χ0) is 24.9. The number of carboxylic acids is 1. The summed E-state index contributed by atoms with van der Waals surface area (Å²) >= 11 is 0. The van der Waals surface area contributed by atoms with Gasteiger partial charge in [0.25, 0.3) is 0 Å². The van der Waals surface area contributed by atoms with Gasteiger partial charge in [0.05, 0.1) is 18.4 Å². The number of rotatable bonds is 8. The van der Waals surface area contributed by atoms with Crippen LogP contribution in [0.2, 0.25) is 0 Å². The first-order valence-electron chi connectivity index (χ1n) is 10.6. The smallest absolute Gasteiger partial charge is 0.416 e. The minimum absolute atomic E-state index is 0.0272. The van der Waals surface area contributed by atoms with E-state index in [0.29, 0.717) is 22.4 Å². The fraction of sp³-hybridized carbons (Fsp3) is 0.280. The van der Waals surface area contributed by atoms with Gasteiger partial charge < -0.3 is 10.0 Å². The second-order valence-electron chi connectivity index (χ2n) is 7.88. The summed E-state index contributed by atoms with van der Waals surface area (Å²) in [6.07, 6.45) is -1.92. The van der Waals surface area contributed by atoms with E-state index in [1.807, 2.05) is 13.0 Å². The number of nitrogens with zero attached hydrogens (tertiary/aromatic N) is 3. The number of carbonyl (C=O) groups is 2. The number of carbonyl (C=O) groups excluding carboxylic acids is 1. The highest BCUT2D eigenvalue weighted by Crippen LogP contribution is 2.34. The minimum Gasteiger partial charge on any atom is -0.481 e. The molecule has 1 amide bonds. The summed E-state index contributed by atoms with van der Waals surface area (Å²) in [6, 6.07) is 10.3. The Bertz CT molecular complexity index is 1200. The van der Waals surface area contributed by atoms with Crippen LogP contribution in [0.3, 0.4) is 0 Å². The van der Waals surface area contributed by atoms with Crippen molar-refractivity contribution >= 4 is 11.9 Å². The minimum atomic E-state index is -4.55. The van der Waals surface area contributed by atoms with Gasteiger partial charge in [0.2, 0.25) is 5.91 Å². The lowest BCUT2D eigenvalue weighted by Gasteiger charge is -2.23. The molecule has 0 aliphatic rings. The highest BCUT2D eigenvalue weighted by atomic mass is 19.4. The predicted octanol–water partition coefficient (Wildman–Crippen LogP) is 4.69. The molecule has 9 heteroatoms. The molecule has 0 saturated carbocycles. The molecule has 1 N–H and O–H groups in total. The van der Waals surface area contributed by atoms with E-state index >= 15 is 0 Å². The van der Waals surface area contributed by atoms with Crippen LogP contribution in [0.1, 0.15) is 35.0 Å². The average molecular weight is 471 g/mol. The number of carboxylic acid groups (broad SMARTS) is 1. The molecule has 3 aromatic rings. The van der Waals surface area contributed by atoms with Gasteiger partial charge in [-0.25, -0.2) is 0 Å². The molecule has 0 aliphatic heterocycles. The number of alkyl halides is 3. The molecule has 2 aromatic heterocycles. The van der Waals surface area contributed by atoms with Crippen LogP contribution in [0.4, 0.5) is 13.2 Å². The van der Waals surface area contributed by atoms with E-state index in [9.17, 15) is 22.8 Å². The van der Waals surface area contributed by atoms with Gasteiger partial charge >= 0.3 is 12.1 Å². The van der Waals surface area contributed by atoms with Gasteiger partial charge in [-0.2, -0.15) is 13.2 Å². The van der Waals surface area contributed by atoms with Gasteiger partial charge in [-0.3, -0.25) is 19.6 Å². The second kappa shape index (κ2) is 10.5. The van der Waals surface area contributed by atoms with Crippen LogP contribution in [0.5, 0.6) is 0 Å². The normalized spacial score (nSPS) is 11.3. The van der Waals surface area contributed by atoms with Crippen molar-refractivity contribution in [3.8, 4) is 11.1 Å². The quantitative estimate of drug-likeness (QED) is 0.515. The molecule has 34 heavy (non-hydrogen) atoms. The lowest BCUT2D eigenvalue weighted by Crippen LogP contribution is -2.32. The molecule has 0 spiro atoms. The van der Waals surface area contributed by atoms with Crippen LogP contribution in [0, 0.1) is 6.92 Å². The van der Waals surface area contributed by atoms with Crippen molar-refractivity contribution in [1.82, 2.24) is 14.9 Å². The molecule has 178 valence electrons. The molecule has 1 aromatic carbocycles. The van der Waals surface area contributed by atoms with Crippen molar-refractivity contribution < 1.29 is 27.9 Å². The van der Waals surface area contributed by atoms with Crippen molar-refractivity contribution in [2.75, 3.05) is 6.54 Å². The van der Waals surface area contributed by atoms with E-state index in [1.165, 1.54) is 23.4 Å². The summed E-state index contributed by atoms with van der Waals surface area (Å²) < 4.78 is 40.3. The van der Waals surface area contributed by atoms with Gasteiger partial charge in [-0.1, -0.05) is 12.1 Å². The fourth-order valence-corrected chi connectivity index (χ4v) is 3.64. The lowest BCUT2D eigenvalue weighted by molar-refractivity contribution is -0.138. The standard InChI is InChI=1S/C25H24F3N3O3/c1-3-31(23(32)12-21-6-4-5-16(2)30-21)15-19-11-20(25(26,27)28)7-8-22(19)18-9-17(10-24(33)34)13-29-14-18/h4-9,11,13-14H,3,10,12,15H2,1-2H3,(H,33,34). The number of amides is 1. The Hall–Kier alpha value is -3.75. The average Bonchev–Trinajstić information content (AvgIpc) is 2.76. The van der Waals surface area contributed by atoms with Gasteiger partial charge in [-0.15, -0.1) is 0 Å². The molecule has 0 aliphatic carbocycles. The Labute approximate surface area is 195 Å². The number of pyridine rings is 2. The zero-order valence-corrected chi connectivity index (χ0v) is 18.8. The summed E-state index contributed by atoms with van der Waals surface area (Å²) in [5.41, 5.74) is 2.16. The van der Waals surface area contributed by atoms with Crippen LogP contribution < -0.4 is 0 Å². The first-order chi connectivity index (χ1) is 16.1. The van der Waals surface area contributed by atoms with Crippen LogP contribution in [-0.4, -0.2) is 38.4 Å². The van der Waals surface area contributed by atoms with E-state index in [2.05, 4.69) is 9.97 Å². The van der Waals surface area contributed by atoms with Gasteiger partial charge in [0.15, 0.2) is 0 Å². The lowest BCUT2D eigenvalue weighted by atomic mass is 9.96. The molecule has 0 unspecified atom stereocenters. The Morgan fingerprint density at radius 3 is 2.47 bits per heavy atom. The molecule has 0 saturated heterocycles. The second-order valence-corrected chi connectivity index (χ2v) is 7.88. The number of halogens is 3. The SMILES string of the molecule is CCN(Cc1cc(C(F)(F)F)ccc1-c1cncc(CC(=O)O)c1)C(=O)Cc1cccc(C)n1. The van der Waals surface area contributed by atoms with Crippen molar-refractivity contribution in [2.24, 2.45) is 0 Å². The molecule has 0 atom stereocenters. The molecule has 0 bridgehead atoms. The third-order valence-corrected chi connectivity index (χ3v) is 5.27. The maximum Gasteiger partial charge on any atom is 0.416 e. The number of aryl methyl sites for hydroxylation is 1. The predicted molar refractivity (Wildman–Crippen MR) is 120 cm³/mol. The Morgan fingerprint density at radius 1 is 1.06 bits per heavy atom. The Balaban J connectivity index is 1.97. The van der Waals surface area contributed by atoms with Crippen LogP contribution in [0.15, 0.2) is 54.9 Å². The van der Waals surface area contributed by atoms with E-state index in [1.54, 1.807) is 25.1 Å². The van der Waals surface area contributed by atoms with Gasteiger partial charge in [-0.05, 0) is 60.9 Å². The van der Waals surface area contributed by atoms with Gasteiger partial charge in [0.1, 0.15) is 0 Å². The van der Waals surface area contributed by atoms with E-state index in [0.717, 1.165) is 17.8 Å². The van der Waals surface area contributed by atoms with Crippen molar-refractivity contribution in [1.29, 1.82) is 0 Å². The molecule has 2 heterocycles. The molecule has 0 fully saturated rings. The van der Waals surface area contributed by atoms with Crippen molar-refractivity contribution in [2.45, 2.75) is 39.4 Å². The molecule has 3 rings (SSSR count). The highest BCUT2D eigenvalue weighted by Gasteiger charge is 2.31. The van der Waals surface area contributed by atoms with E-state index in [4.69, 9.17) is 5.11 Å². The first kappa shape index (κ1) is 24.9.